The molecule has 35 heavy (non-hydrogen) atoms. The third-order valence-electron chi connectivity index (χ3n) is 6.12. The topological polar surface area (TPSA) is 165 Å². The molecule has 0 spiro atoms. The average Bonchev–Trinajstić information content (AvgIpc) is 3.47. The van der Waals surface area contributed by atoms with Crippen molar-refractivity contribution in [3.8, 4) is 0 Å². The number of anilines is 2. The molecule has 3 aromatic heterocycles. The Bertz CT molecular complexity index is 1470. The van der Waals surface area contributed by atoms with Gasteiger partial charge in [-0.25, -0.2) is 19.4 Å². The van der Waals surface area contributed by atoms with Crippen LogP contribution in [0.15, 0.2) is 28.9 Å². The van der Waals surface area contributed by atoms with Crippen LogP contribution in [0.4, 0.5) is 16.6 Å². The lowest BCUT2D eigenvalue weighted by atomic mass is 9.83. The molecule has 2 amide bonds. The summed E-state index contributed by atoms with van der Waals surface area (Å²) in [7, 11) is 0. The number of oxazole rings is 1. The Morgan fingerprint density at radius 2 is 2.06 bits per heavy atom. The third kappa shape index (κ3) is 3.89. The van der Waals surface area contributed by atoms with Gasteiger partial charge in [-0.05, 0) is 30.0 Å². The van der Waals surface area contributed by atoms with E-state index in [1.165, 1.54) is 11.2 Å². The smallest absolute Gasteiger partial charge is 0.407 e. The van der Waals surface area contributed by atoms with E-state index in [0.717, 1.165) is 0 Å². The Labute approximate surface area is 204 Å². The second-order valence-corrected chi connectivity index (χ2v) is 9.92. The predicted octanol–water partition coefficient (Wildman–Crippen LogP) is 3.79. The van der Waals surface area contributed by atoms with Crippen molar-refractivity contribution in [2.75, 3.05) is 17.6 Å². The van der Waals surface area contributed by atoms with E-state index in [9.17, 15) is 14.7 Å². The van der Waals surface area contributed by atoms with Crippen LogP contribution < -0.4 is 11.1 Å². The molecule has 12 nitrogen and oxygen atoms in total. The monoisotopic (exact) mass is 498 g/mol. The fourth-order valence-corrected chi connectivity index (χ4v) is 4.95. The number of hydrogen-bond acceptors (Lipinski definition) is 8. The normalized spacial score (nSPS) is 18.5. The van der Waals surface area contributed by atoms with E-state index in [0.29, 0.717) is 34.7 Å². The van der Waals surface area contributed by atoms with Crippen LogP contribution in [-0.2, 0) is 0 Å². The summed E-state index contributed by atoms with van der Waals surface area (Å²) in [6.45, 7) is 6.23. The van der Waals surface area contributed by atoms with Gasteiger partial charge in [0.1, 0.15) is 17.7 Å². The van der Waals surface area contributed by atoms with Gasteiger partial charge in [0.05, 0.1) is 17.5 Å². The molecule has 1 aliphatic rings. The predicted molar refractivity (Wildman–Crippen MR) is 128 cm³/mol. The molecule has 4 heterocycles. The SMILES string of the molecule is CC(C)(C)C1C(n2nc(C(=O)Nc3nc4cc(Cl)ccc4o3)c3c(N)ncnc32)CCN1C(=O)O. The highest BCUT2D eigenvalue weighted by Crippen LogP contribution is 2.41. The maximum atomic E-state index is 13.3. The molecule has 0 bridgehead atoms. The first-order valence-corrected chi connectivity index (χ1v) is 11.3. The van der Waals surface area contributed by atoms with Crippen LogP contribution in [0.1, 0.15) is 43.7 Å². The van der Waals surface area contributed by atoms with Crippen molar-refractivity contribution in [2.24, 2.45) is 5.41 Å². The van der Waals surface area contributed by atoms with E-state index in [-0.39, 0.29) is 29.0 Å². The van der Waals surface area contributed by atoms with E-state index in [4.69, 9.17) is 21.8 Å². The van der Waals surface area contributed by atoms with Gasteiger partial charge in [-0.15, -0.1) is 0 Å². The van der Waals surface area contributed by atoms with Crippen molar-refractivity contribution >= 4 is 57.6 Å². The second-order valence-electron chi connectivity index (χ2n) is 9.48. The number of nitrogen functional groups attached to an aromatic ring is 1. The molecule has 182 valence electrons. The summed E-state index contributed by atoms with van der Waals surface area (Å²) in [5.74, 6) is -0.538. The number of carboxylic acid groups (broad SMARTS) is 1. The number of nitrogens with one attached hydrogen (secondary N) is 1. The molecule has 0 radical (unpaired) electrons. The highest BCUT2D eigenvalue weighted by atomic mass is 35.5. The zero-order chi connectivity index (χ0) is 25.1. The van der Waals surface area contributed by atoms with E-state index in [1.807, 2.05) is 20.8 Å². The number of carbonyl (C=O) groups excluding carboxylic acids is 1. The van der Waals surface area contributed by atoms with Gasteiger partial charge in [-0.1, -0.05) is 32.4 Å². The summed E-state index contributed by atoms with van der Waals surface area (Å²) in [5.41, 5.74) is 7.00. The molecule has 1 fully saturated rings. The van der Waals surface area contributed by atoms with Crippen molar-refractivity contribution in [2.45, 2.75) is 39.3 Å². The minimum absolute atomic E-state index is 0.0141. The van der Waals surface area contributed by atoms with Crippen molar-refractivity contribution in [1.82, 2.24) is 29.6 Å². The number of aromatic nitrogens is 5. The van der Waals surface area contributed by atoms with Crippen LogP contribution in [0.2, 0.25) is 5.02 Å². The van der Waals surface area contributed by atoms with E-state index in [1.54, 1.807) is 22.9 Å². The minimum atomic E-state index is -1.01. The van der Waals surface area contributed by atoms with Crippen LogP contribution >= 0.6 is 11.6 Å². The van der Waals surface area contributed by atoms with Gasteiger partial charge in [0, 0.05) is 11.6 Å². The van der Waals surface area contributed by atoms with Crippen molar-refractivity contribution in [3.05, 3.63) is 35.2 Å². The van der Waals surface area contributed by atoms with Crippen LogP contribution in [0.5, 0.6) is 0 Å². The second kappa shape index (κ2) is 8.08. The molecular formula is C22H23ClN8O4. The zero-order valence-corrected chi connectivity index (χ0v) is 19.9. The highest BCUT2D eigenvalue weighted by Gasteiger charge is 2.46. The number of nitrogens with zero attached hydrogens (tertiary/aromatic N) is 6. The molecule has 0 saturated carbocycles. The van der Waals surface area contributed by atoms with Crippen LogP contribution in [0.3, 0.4) is 0 Å². The number of benzene rings is 1. The number of amides is 2. The number of hydrogen-bond donors (Lipinski definition) is 3. The average molecular weight is 499 g/mol. The Kier molecular flexibility index (Phi) is 5.28. The van der Waals surface area contributed by atoms with Gasteiger partial charge in [-0.3, -0.25) is 10.1 Å². The maximum absolute atomic E-state index is 13.3. The lowest BCUT2D eigenvalue weighted by Gasteiger charge is -2.37. The first-order valence-electron chi connectivity index (χ1n) is 10.9. The molecule has 2 unspecified atom stereocenters. The Hall–Kier alpha value is -3.93. The largest absolute Gasteiger partial charge is 0.465 e. The molecule has 5 rings (SSSR count). The van der Waals surface area contributed by atoms with Crippen molar-refractivity contribution < 1.29 is 19.1 Å². The summed E-state index contributed by atoms with van der Waals surface area (Å²) in [4.78, 5) is 39.2. The molecule has 2 atom stereocenters. The number of rotatable bonds is 3. The fourth-order valence-electron chi connectivity index (χ4n) is 4.79. The third-order valence-corrected chi connectivity index (χ3v) is 6.35. The molecule has 1 saturated heterocycles. The Balaban J connectivity index is 1.57. The first kappa shape index (κ1) is 22.8. The van der Waals surface area contributed by atoms with E-state index in [2.05, 4.69) is 25.4 Å². The van der Waals surface area contributed by atoms with Crippen molar-refractivity contribution in [3.63, 3.8) is 0 Å². The first-order chi connectivity index (χ1) is 16.5. The standard InChI is InChI=1S/C22H23ClN8O4/c1-22(2,3)16-12(6-7-30(16)21(33)34)31-18-14(17(24)25-9-26-18)15(29-31)19(32)28-20-27-11-8-10(23)4-5-13(11)35-20/h4-5,8-9,12,16H,6-7H2,1-3H3,(H,33,34)(H2,24,25,26)(H,27,28,32). The zero-order valence-electron chi connectivity index (χ0n) is 19.2. The van der Waals surface area contributed by atoms with Gasteiger partial charge < -0.3 is 20.2 Å². The minimum Gasteiger partial charge on any atom is -0.465 e. The molecule has 4 aromatic rings. The summed E-state index contributed by atoms with van der Waals surface area (Å²) in [5, 5.41) is 17.7. The number of likely N-dealkylation sites (tertiary alicyclic amines) is 1. The van der Waals surface area contributed by atoms with Gasteiger partial charge >= 0.3 is 12.1 Å². The fraction of sp³-hybridized carbons (Fsp3) is 0.364. The van der Waals surface area contributed by atoms with E-state index >= 15 is 0 Å². The molecule has 1 aromatic carbocycles. The summed E-state index contributed by atoms with van der Waals surface area (Å²) in [6, 6.07) is 4.12. The quantitative estimate of drug-likeness (QED) is 0.380. The maximum Gasteiger partial charge on any atom is 0.407 e. The van der Waals surface area contributed by atoms with Gasteiger partial charge in [0.2, 0.25) is 0 Å². The molecule has 4 N–H and O–H groups in total. The summed E-state index contributed by atoms with van der Waals surface area (Å²) in [6.07, 6.45) is 0.784. The van der Waals surface area contributed by atoms with Crippen LogP contribution in [-0.4, -0.2) is 59.3 Å². The number of carbonyl (C=O) groups is 2. The lowest BCUT2D eigenvalue weighted by Crippen LogP contribution is -2.46. The number of nitrogens with two attached hydrogens (primary N) is 1. The molecule has 0 aliphatic carbocycles. The molecule has 13 heteroatoms. The van der Waals surface area contributed by atoms with Crippen LogP contribution in [0, 0.1) is 5.41 Å². The van der Waals surface area contributed by atoms with Gasteiger partial charge in [0.25, 0.3) is 5.91 Å². The number of fused-ring (bicyclic) bond motifs is 2. The Morgan fingerprint density at radius 3 is 2.77 bits per heavy atom. The molecular weight excluding hydrogens is 476 g/mol. The number of halogens is 1. The summed E-state index contributed by atoms with van der Waals surface area (Å²) >= 11 is 6.00. The summed E-state index contributed by atoms with van der Waals surface area (Å²) < 4.78 is 7.19. The highest BCUT2D eigenvalue weighted by molar-refractivity contribution is 6.31. The van der Waals surface area contributed by atoms with Crippen LogP contribution in [0.25, 0.3) is 22.1 Å². The van der Waals surface area contributed by atoms with Crippen molar-refractivity contribution in [1.29, 1.82) is 0 Å². The van der Waals surface area contributed by atoms with Gasteiger partial charge in [0.15, 0.2) is 16.9 Å². The lowest BCUT2D eigenvalue weighted by molar-refractivity contribution is 0.0906. The molecule has 1 aliphatic heterocycles. The van der Waals surface area contributed by atoms with E-state index < -0.39 is 23.5 Å². The Morgan fingerprint density at radius 1 is 1.29 bits per heavy atom. The van der Waals surface area contributed by atoms with Gasteiger partial charge in [-0.2, -0.15) is 10.1 Å².